The van der Waals surface area contributed by atoms with Crippen molar-refractivity contribution in [3.63, 3.8) is 0 Å². The van der Waals surface area contributed by atoms with E-state index in [1.807, 2.05) is 24.3 Å². The molecule has 134 valence electrons. The van der Waals surface area contributed by atoms with Crippen LogP contribution in [0.3, 0.4) is 0 Å². The first-order valence-corrected chi connectivity index (χ1v) is 8.23. The Morgan fingerprint density at radius 3 is 2.80 bits per heavy atom. The molecular formula is C18H23IN4O2. The molecule has 0 radical (unpaired) electrons. The number of nitrogens with one attached hydrogen (secondary N) is 3. The van der Waals surface area contributed by atoms with Crippen molar-refractivity contribution < 1.29 is 9.21 Å². The van der Waals surface area contributed by atoms with E-state index in [2.05, 4.69) is 27.9 Å². The fraction of sp³-hybridized carbons (Fsp3) is 0.333. The molecule has 1 aromatic heterocycles. The Labute approximate surface area is 164 Å². The van der Waals surface area contributed by atoms with E-state index in [1.165, 1.54) is 19.1 Å². The van der Waals surface area contributed by atoms with Gasteiger partial charge in [0.25, 0.3) is 5.91 Å². The molecule has 3 N–H and O–H groups in total. The highest BCUT2D eigenvalue weighted by Crippen LogP contribution is 2.18. The predicted molar refractivity (Wildman–Crippen MR) is 109 cm³/mol. The second-order valence-corrected chi connectivity index (χ2v) is 5.75. The summed E-state index contributed by atoms with van der Waals surface area (Å²) in [5.74, 6) is 0.871. The van der Waals surface area contributed by atoms with E-state index in [4.69, 9.17) is 4.42 Å². The number of benzene rings is 1. The third kappa shape index (κ3) is 6.08. The van der Waals surface area contributed by atoms with Crippen LogP contribution in [-0.2, 0) is 6.54 Å². The summed E-state index contributed by atoms with van der Waals surface area (Å²) in [5.41, 5.74) is 1.75. The van der Waals surface area contributed by atoms with Crippen LogP contribution in [0.5, 0.6) is 0 Å². The lowest BCUT2D eigenvalue weighted by molar-refractivity contribution is 0.0996. The summed E-state index contributed by atoms with van der Waals surface area (Å²) in [6, 6.07) is 11.6. The maximum atomic E-state index is 12.0. The molecule has 1 aromatic carbocycles. The lowest BCUT2D eigenvalue weighted by Crippen LogP contribution is -2.38. The van der Waals surface area contributed by atoms with E-state index < -0.39 is 0 Å². The number of aliphatic imine (C=N–C) groups is 1. The molecule has 0 unspecified atom stereocenters. The molecule has 0 spiro atoms. The Hall–Kier alpha value is -2.03. The Kier molecular flexibility index (Phi) is 7.30. The second kappa shape index (κ2) is 9.45. The molecule has 7 heteroatoms. The zero-order chi connectivity index (χ0) is 16.8. The van der Waals surface area contributed by atoms with E-state index >= 15 is 0 Å². The lowest BCUT2D eigenvalue weighted by Gasteiger charge is -2.10. The standard InChI is InChI=1S/C18H22N4O2.HI/c1-2-19-18(22-14-8-9-14)20-12-13-5-3-6-15(11-13)21-17(23)16-7-4-10-24-16;/h3-7,10-11,14H,2,8-9,12H2,1H3,(H,21,23)(H2,19,20,22);1H. The lowest BCUT2D eigenvalue weighted by atomic mass is 10.2. The van der Waals surface area contributed by atoms with E-state index in [9.17, 15) is 4.79 Å². The van der Waals surface area contributed by atoms with E-state index in [-0.39, 0.29) is 29.9 Å². The average Bonchev–Trinajstić information content (AvgIpc) is 3.22. The fourth-order valence-corrected chi connectivity index (χ4v) is 2.26. The summed E-state index contributed by atoms with van der Waals surface area (Å²) < 4.78 is 5.10. The average molecular weight is 454 g/mol. The van der Waals surface area contributed by atoms with Crippen molar-refractivity contribution in [2.45, 2.75) is 32.4 Å². The van der Waals surface area contributed by atoms with Gasteiger partial charge in [-0.25, -0.2) is 4.99 Å². The molecule has 1 amide bonds. The van der Waals surface area contributed by atoms with Gasteiger partial charge < -0.3 is 20.4 Å². The Bertz CT molecular complexity index is 712. The smallest absolute Gasteiger partial charge is 0.291 e. The quantitative estimate of drug-likeness (QED) is 0.356. The van der Waals surface area contributed by atoms with Gasteiger partial charge in [-0.15, -0.1) is 24.0 Å². The van der Waals surface area contributed by atoms with Crippen molar-refractivity contribution in [3.05, 3.63) is 54.0 Å². The summed E-state index contributed by atoms with van der Waals surface area (Å²) in [7, 11) is 0. The van der Waals surface area contributed by atoms with Gasteiger partial charge in [-0.2, -0.15) is 0 Å². The van der Waals surface area contributed by atoms with Crippen LogP contribution in [0.2, 0.25) is 0 Å². The number of furan rings is 1. The first-order chi connectivity index (χ1) is 11.7. The van der Waals surface area contributed by atoms with Crippen LogP contribution in [0.25, 0.3) is 0 Å². The molecule has 0 saturated heterocycles. The first kappa shape index (κ1) is 19.3. The fourth-order valence-electron chi connectivity index (χ4n) is 2.26. The normalized spacial score (nSPS) is 13.7. The number of guanidine groups is 1. The zero-order valence-electron chi connectivity index (χ0n) is 14.1. The molecular weight excluding hydrogens is 431 g/mol. The van der Waals surface area contributed by atoms with Crippen LogP contribution in [0, 0.1) is 0 Å². The Balaban J connectivity index is 0.00000225. The van der Waals surface area contributed by atoms with Crippen LogP contribution in [0.4, 0.5) is 5.69 Å². The monoisotopic (exact) mass is 454 g/mol. The van der Waals surface area contributed by atoms with Crippen molar-refractivity contribution in [1.82, 2.24) is 10.6 Å². The molecule has 3 rings (SSSR count). The van der Waals surface area contributed by atoms with Crippen LogP contribution in [0.1, 0.15) is 35.9 Å². The molecule has 1 saturated carbocycles. The highest BCUT2D eigenvalue weighted by Gasteiger charge is 2.22. The summed E-state index contributed by atoms with van der Waals surface area (Å²) in [4.78, 5) is 16.6. The molecule has 0 bridgehead atoms. The number of hydrogen-bond donors (Lipinski definition) is 3. The van der Waals surface area contributed by atoms with Gasteiger partial charge in [0.1, 0.15) is 0 Å². The van der Waals surface area contributed by atoms with Crippen LogP contribution in [-0.4, -0.2) is 24.5 Å². The highest BCUT2D eigenvalue weighted by atomic mass is 127. The van der Waals surface area contributed by atoms with Crippen molar-refractivity contribution >= 4 is 41.5 Å². The summed E-state index contributed by atoms with van der Waals surface area (Å²) >= 11 is 0. The van der Waals surface area contributed by atoms with Crippen LogP contribution < -0.4 is 16.0 Å². The molecule has 2 aromatic rings. The molecule has 0 atom stereocenters. The third-order valence-corrected chi connectivity index (χ3v) is 3.61. The number of rotatable bonds is 6. The number of amides is 1. The van der Waals surface area contributed by atoms with E-state index in [0.29, 0.717) is 18.3 Å². The topological polar surface area (TPSA) is 78.7 Å². The number of anilines is 1. The van der Waals surface area contributed by atoms with Gasteiger partial charge >= 0.3 is 0 Å². The molecule has 1 aliphatic carbocycles. The highest BCUT2D eigenvalue weighted by molar-refractivity contribution is 14.0. The zero-order valence-corrected chi connectivity index (χ0v) is 16.4. The van der Waals surface area contributed by atoms with Gasteiger partial charge in [0, 0.05) is 18.3 Å². The largest absolute Gasteiger partial charge is 0.459 e. The number of nitrogens with zero attached hydrogens (tertiary/aromatic N) is 1. The summed E-state index contributed by atoms with van der Waals surface area (Å²) in [6.45, 7) is 3.43. The van der Waals surface area contributed by atoms with E-state index in [0.717, 1.165) is 23.8 Å². The SMILES string of the molecule is CCNC(=NCc1cccc(NC(=O)c2ccco2)c1)NC1CC1.I. The number of carbonyl (C=O) groups is 1. The Morgan fingerprint density at radius 1 is 1.28 bits per heavy atom. The van der Waals surface area contributed by atoms with Crippen molar-refractivity contribution in [2.75, 3.05) is 11.9 Å². The summed E-state index contributed by atoms with van der Waals surface area (Å²) in [5, 5.41) is 9.46. The van der Waals surface area contributed by atoms with Gasteiger partial charge in [-0.3, -0.25) is 4.79 Å². The molecule has 1 aliphatic rings. The Morgan fingerprint density at radius 2 is 2.12 bits per heavy atom. The van der Waals surface area contributed by atoms with Crippen molar-refractivity contribution in [2.24, 2.45) is 4.99 Å². The van der Waals surface area contributed by atoms with Gasteiger partial charge in [-0.05, 0) is 49.6 Å². The third-order valence-electron chi connectivity index (χ3n) is 3.61. The molecule has 1 fully saturated rings. The minimum absolute atomic E-state index is 0. The predicted octanol–water partition coefficient (Wildman–Crippen LogP) is 3.37. The van der Waals surface area contributed by atoms with E-state index in [1.54, 1.807) is 12.1 Å². The van der Waals surface area contributed by atoms with Crippen molar-refractivity contribution in [3.8, 4) is 0 Å². The number of carbonyl (C=O) groups excluding carboxylic acids is 1. The molecule has 6 nitrogen and oxygen atoms in total. The maximum Gasteiger partial charge on any atom is 0.291 e. The minimum atomic E-state index is -0.260. The minimum Gasteiger partial charge on any atom is -0.459 e. The number of halogens is 1. The molecule has 1 heterocycles. The number of hydrogen-bond acceptors (Lipinski definition) is 3. The molecule has 0 aliphatic heterocycles. The van der Waals surface area contributed by atoms with Gasteiger partial charge in [-0.1, -0.05) is 12.1 Å². The second-order valence-electron chi connectivity index (χ2n) is 5.75. The van der Waals surface area contributed by atoms with Gasteiger partial charge in [0.05, 0.1) is 12.8 Å². The molecule has 25 heavy (non-hydrogen) atoms. The maximum absolute atomic E-state index is 12.0. The first-order valence-electron chi connectivity index (χ1n) is 8.23. The van der Waals surface area contributed by atoms with Crippen molar-refractivity contribution in [1.29, 1.82) is 0 Å². The van der Waals surface area contributed by atoms with Crippen LogP contribution >= 0.6 is 24.0 Å². The van der Waals surface area contributed by atoms with Gasteiger partial charge in [0.15, 0.2) is 11.7 Å². The van der Waals surface area contributed by atoms with Crippen LogP contribution in [0.15, 0.2) is 52.1 Å². The summed E-state index contributed by atoms with van der Waals surface area (Å²) in [6.07, 6.45) is 3.90. The van der Waals surface area contributed by atoms with Gasteiger partial charge in [0.2, 0.25) is 0 Å².